The van der Waals surface area contributed by atoms with Gasteiger partial charge in [-0.2, -0.15) is 5.10 Å². The molecule has 170 valence electrons. The van der Waals surface area contributed by atoms with E-state index in [0.717, 1.165) is 61.7 Å². The lowest BCUT2D eigenvalue weighted by atomic mass is 10.0. The van der Waals surface area contributed by atoms with Crippen molar-refractivity contribution in [2.24, 2.45) is 0 Å². The molecule has 32 heavy (non-hydrogen) atoms. The first-order valence-electron chi connectivity index (χ1n) is 11.2. The third kappa shape index (κ3) is 5.54. The van der Waals surface area contributed by atoms with E-state index >= 15 is 0 Å². The Bertz CT molecular complexity index is 992. The van der Waals surface area contributed by atoms with Gasteiger partial charge in [0.2, 0.25) is 0 Å². The second-order valence-electron chi connectivity index (χ2n) is 8.23. The van der Waals surface area contributed by atoms with Crippen molar-refractivity contribution in [2.75, 3.05) is 32.8 Å². The predicted molar refractivity (Wildman–Crippen MR) is 123 cm³/mol. The molecule has 2 heterocycles. The summed E-state index contributed by atoms with van der Waals surface area (Å²) in [6.45, 7) is 7.11. The number of benzene rings is 2. The second-order valence-corrected chi connectivity index (χ2v) is 8.23. The van der Waals surface area contributed by atoms with Crippen molar-refractivity contribution in [3.63, 3.8) is 0 Å². The molecule has 1 saturated heterocycles. The van der Waals surface area contributed by atoms with Crippen molar-refractivity contribution in [3.05, 3.63) is 71.7 Å². The van der Waals surface area contributed by atoms with Gasteiger partial charge in [-0.3, -0.25) is 14.9 Å². The molecule has 0 unspecified atom stereocenters. The molecule has 1 atom stereocenters. The van der Waals surface area contributed by atoms with Crippen LogP contribution < -0.4 is 4.74 Å². The molecule has 1 aliphatic rings. The maximum atomic E-state index is 13.7. The number of aliphatic hydroxyl groups excluding tert-OH is 1. The molecule has 6 nitrogen and oxygen atoms in total. The van der Waals surface area contributed by atoms with Gasteiger partial charge in [0.1, 0.15) is 11.6 Å². The molecule has 0 radical (unpaired) electrons. The molecular formula is C25H31FN4O2. The van der Waals surface area contributed by atoms with E-state index in [2.05, 4.69) is 32.1 Å². The third-order valence-electron chi connectivity index (χ3n) is 6.00. The first-order valence-corrected chi connectivity index (χ1v) is 11.2. The molecule has 0 aliphatic carbocycles. The first kappa shape index (κ1) is 22.5. The molecule has 1 fully saturated rings. The van der Waals surface area contributed by atoms with Crippen molar-refractivity contribution in [3.8, 4) is 17.0 Å². The van der Waals surface area contributed by atoms with E-state index in [-0.39, 0.29) is 18.5 Å². The molecule has 3 aromatic rings. The van der Waals surface area contributed by atoms with Gasteiger partial charge < -0.3 is 9.84 Å². The van der Waals surface area contributed by atoms with E-state index in [1.165, 1.54) is 17.7 Å². The van der Waals surface area contributed by atoms with Crippen molar-refractivity contribution in [1.82, 2.24) is 20.0 Å². The third-order valence-corrected chi connectivity index (χ3v) is 6.00. The van der Waals surface area contributed by atoms with Crippen LogP contribution in [0, 0.1) is 5.82 Å². The number of aliphatic hydroxyl groups is 1. The summed E-state index contributed by atoms with van der Waals surface area (Å²) in [5.74, 6) is 0.635. The Kier molecular flexibility index (Phi) is 7.52. The first-order chi connectivity index (χ1) is 15.7. The van der Waals surface area contributed by atoms with Gasteiger partial charge >= 0.3 is 0 Å². The van der Waals surface area contributed by atoms with Gasteiger partial charge in [0.05, 0.1) is 18.5 Å². The topological polar surface area (TPSA) is 64.6 Å². The van der Waals surface area contributed by atoms with Crippen molar-refractivity contribution in [1.29, 1.82) is 0 Å². The summed E-state index contributed by atoms with van der Waals surface area (Å²) in [6.07, 6.45) is 2.56. The van der Waals surface area contributed by atoms with E-state index in [4.69, 9.17) is 4.74 Å². The minimum absolute atomic E-state index is 0.165. The Morgan fingerprint density at radius 3 is 2.75 bits per heavy atom. The average molecular weight is 439 g/mol. The van der Waals surface area contributed by atoms with Gasteiger partial charge in [0, 0.05) is 56.5 Å². The summed E-state index contributed by atoms with van der Waals surface area (Å²) in [7, 11) is 0. The highest BCUT2D eigenvalue weighted by atomic mass is 19.1. The molecule has 1 aliphatic heterocycles. The summed E-state index contributed by atoms with van der Waals surface area (Å²) in [5, 5.41) is 16.9. The molecular weight excluding hydrogens is 407 g/mol. The number of H-pyrrole nitrogens is 1. The lowest BCUT2D eigenvalue weighted by Crippen LogP contribution is -2.52. The van der Waals surface area contributed by atoms with Gasteiger partial charge in [0.15, 0.2) is 0 Å². The van der Waals surface area contributed by atoms with Gasteiger partial charge in [-0.05, 0) is 43.2 Å². The van der Waals surface area contributed by atoms with Crippen LogP contribution in [-0.2, 0) is 13.1 Å². The lowest BCUT2D eigenvalue weighted by Gasteiger charge is -2.41. The number of aromatic nitrogens is 2. The number of hydrogen-bond acceptors (Lipinski definition) is 5. The van der Waals surface area contributed by atoms with Crippen LogP contribution in [0.5, 0.6) is 5.75 Å². The monoisotopic (exact) mass is 438 g/mol. The fraction of sp³-hybridized carbons (Fsp3) is 0.400. The Balaban J connectivity index is 1.41. The predicted octanol–water partition coefficient (Wildman–Crippen LogP) is 3.68. The number of aromatic amines is 1. The molecule has 1 aromatic heterocycles. The van der Waals surface area contributed by atoms with Gasteiger partial charge in [-0.25, -0.2) is 4.39 Å². The molecule has 0 amide bonds. The van der Waals surface area contributed by atoms with Crippen LogP contribution >= 0.6 is 0 Å². The average Bonchev–Trinajstić information content (AvgIpc) is 3.25. The maximum absolute atomic E-state index is 13.7. The van der Waals surface area contributed by atoms with Crippen molar-refractivity contribution < 1.29 is 14.2 Å². The molecule has 2 N–H and O–H groups in total. The van der Waals surface area contributed by atoms with Crippen LogP contribution in [0.2, 0.25) is 0 Å². The van der Waals surface area contributed by atoms with Crippen molar-refractivity contribution in [2.45, 2.75) is 32.5 Å². The highest BCUT2D eigenvalue weighted by Gasteiger charge is 2.27. The summed E-state index contributed by atoms with van der Waals surface area (Å²) in [6, 6.07) is 15.1. The summed E-state index contributed by atoms with van der Waals surface area (Å²) in [5.41, 5.74) is 3.96. The number of hydrogen-bond donors (Lipinski definition) is 2. The largest absolute Gasteiger partial charge is 0.494 e. The van der Waals surface area contributed by atoms with Crippen LogP contribution in [0.3, 0.4) is 0 Å². The van der Waals surface area contributed by atoms with E-state index in [0.29, 0.717) is 6.61 Å². The summed E-state index contributed by atoms with van der Waals surface area (Å²) < 4.78 is 19.2. The summed E-state index contributed by atoms with van der Waals surface area (Å²) in [4.78, 5) is 4.84. The van der Waals surface area contributed by atoms with Crippen LogP contribution in [0.1, 0.15) is 24.5 Å². The zero-order chi connectivity index (χ0) is 22.3. The van der Waals surface area contributed by atoms with Crippen LogP contribution in [0.15, 0.2) is 54.7 Å². The Labute approximate surface area is 188 Å². The van der Waals surface area contributed by atoms with Gasteiger partial charge in [-0.15, -0.1) is 0 Å². The normalized spacial score (nSPS) is 17.5. The molecule has 7 heteroatoms. The maximum Gasteiger partial charge on any atom is 0.123 e. The minimum Gasteiger partial charge on any atom is -0.494 e. The SMILES string of the molecule is CCOc1ccc(CN2CCN(Cc3cn[nH]c3-c3cccc(F)c3)C[C@H]2CCO)cc1. The quantitative estimate of drug-likeness (QED) is 0.534. The van der Waals surface area contributed by atoms with Gasteiger partial charge in [0.25, 0.3) is 0 Å². The van der Waals surface area contributed by atoms with Crippen LogP contribution in [0.4, 0.5) is 4.39 Å². The van der Waals surface area contributed by atoms with E-state index in [1.807, 2.05) is 31.3 Å². The standard InChI is InChI=1S/C25H31FN4O2/c1-2-32-24-8-6-19(7-9-24)16-30-12-11-29(18-23(30)10-13-31)17-21-15-27-28-25(21)20-4-3-5-22(26)14-20/h3-9,14-15,23,31H,2,10-13,16-18H2,1H3,(H,27,28)/t23-/m1/s1. The Morgan fingerprint density at radius 2 is 2.00 bits per heavy atom. The molecule has 2 aromatic carbocycles. The molecule has 0 saturated carbocycles. The highest BCUT2D eigenvalue weighted by Crippen LogP contribution is 2.25. The lowest BCUT2D eigenvalue weighted by molar-refractivity contribution is 0.0500. The van der Waals surface area contributed by atoms with E-state index in [1.54, 1.807) is 6.07 Å². The van der Waals surface area contributed by atoms with Crippen LogP contribution in [0.25, 0.3) is 11.3 Å². The fourth-order valence-electron chi connectivity index (χ4n) is 4.39. The number of nitrogens with zero attached hydrogens (tertiary/aromatic N) is 3. The number of halogens is 1. The Hall–Kier alpha value is -2.74. The smallest absolute Gasteiger partial charge is 0.123 e. The fourth-order valence-corrected chi connectivity index (χ4v) is 4.39. The summed E-state index contributed by atoms with van der Waals surface area (Å²) >= 11 is 0. The number of rotatable bonds is 9. The number of piperazine rings is 1. The number of nitrogens with one attached hydrogen (secondary N) is 1. The van der Waals surface area contributed by atoms with Gasteiger partial charge in [-0.1, -0.05) is 24.3 Å². The minimum atomic E-state index is -0.256. The Morgan fingerprint density at radius 1 is 1.16 bits per heavy atom. The van der Waals surface area contributed by atoms with Crippen LogP contribution in [-0.4, -0.2) is 64.0 Å². The molecule has 0 bridgehead atoms. The van der Waals surface area contributed by atoms with Crippen molar-refractivity contribution >= 4 is 0 Å². The molecule has 0 spiro atoms. The van der Waals surface area contributed by atoms with E-state index in [9.17, 15) is 9.50 Å². The second kappa shape index (κ2) is 10.7. The zero-order valence-electron chi connectivity index (χ0n) is 18.5. The number of ether oxygens (including phenoxy) is 1. The zero-order valence-corrected chi connectivity index (χ0v) is 18.5. The highest BCUT2D eigenvalue weighted by molar-refractivity contribution is 5.62. The van der Waals surface area contributed by atoms with E-state index < -0.39 is 0 Å². The molecule has 4 rings (SSSR count).